The number of hydrogen-bond donors (Lipinski definition) is 0. The molecule has 110 valence electrons. The van der Waals surface area contributed by atoms with Gasteiger partial charge in [0.25, 0.3) is 0 Å². The summed E-state index contributed by atoms with van der Waals surface area (Å²) in [5, 5.41) is 0.456. The smallest absolute Gasteiger partial charge is 0.339 e. The summed E-state index contributed by atoms with van der Waals surface area (Å²) in [6.45, 7) is 0.959. The minimum Gasteiger partial charge on any atom is -0.458 e. The normalized spacial score (nSPS) is 22.8. The lowest BCUT2D eigenvalue weighted by Gasteiger charge is -2.33. The summed E-state index contributed by atoms with van der Waals surface area (Å²) in [4.78, 5) is 14.4. The molecular formula is C16H22ClNO2. The first-order chi connectivity index (χ1) is 9.58. The molecule has 1 aliphatic rings. The molecule has 2 rings (SSSR count). The summed E-state index contributed by atoms with van der Waals surface area (Å²) in [5.41, 5.74) is 0.461. The van der Waals surface area contributed by atoms with Gasteiger partial charge >= 0.3 is 5.97 Å². The molecule has 0 aliphatic heterocycles. The molecule has 0 spiro atoms. The predicted octanol–water partition coefficient (Wildman–Crippen LogP) is 3.62. The van der Waals surface area contributed by atoms with Crippen LogP contribution in [0.5, 0.6) is 0 Å². The lowest BCUT2D eigenvalue weighted by Crippen LogP contribution is -2.36. The Labute approximate surface area is 125 Å². The molecule has 1 saturated carbocycles. The van der Waals surface area contributed by atoms with Crippen LogP contribution in [-0.4, -0.2) is 37.6 Å². The second-order valence-electron chi connectivity index (χ2n) is 5.73. The third kappa shape index (κ3) is 3.97. The summed E-state index contributed by atoms with van der Waals surface area (Å²) in [6.07, 6.45) is 4.44. The van der Waals surface area contributed by atoms with Gasteiger partial charge < -0.3 is 9.64 Å². The Morgan fingerprint density at radius 2 is 2.00 bits per heavy atom. The largest absolute Gasteiger partial charge is 0.458 e. The van der Waals surface area contributed by atoms with E-state index in [-0.39, 0.29) is 12.1 Å². The molecule has 0 aromatic heterocycles. The van der Waals surface area contributed by atoms with Crippen molar-refractivity contribution in [2.75, 3.05) is 20.6 Å². The van der Waals surface area contributed by atoms with Gasteiger partial charge in [-0.05, 0) is 45.5 Å². The topological polar surface area (TPSA) is 29.5 Å². The number of hydrogen-bond acceptors (Lipinski definition) is 3. The van der Waals surface area contributed by atoms with Gasteiger partial charge in [0.1, 0.15) is 6.10 Å². The van der Waals surface area contributed by atoms with E-state index in [0.29, 0.717) is 16.5 Å². The first kappa shape index (κ1) is 15.3. The highest BCUT2D eigenvalue weighted by Gasteiger charge is 2.29. The van der Waals surface area contributed by atoms with Crippen LogP contribution in [0.4, 0.5) is 0 Å². The zero-order chi connectivity index (χ0) is 14.5. The number of rotatable bonds is 4. The van der Waals surface area contributed by atoms with Gasteiger partial charge in [-0.15, -0.1) is 0 Å². The molecule has 0 amide bonds. The quantitative estimate of drug-likeness (QED) is 0.795. The third-order valence-corrected chi connectivity index (χ3v) is 4.12. The maximum Gasteiger partial charge on any atom is 0.339 e. The standard InChI is InChI=1S/C16H22ClNO2/c1-18(2)11-12-7-3-6-10-15(12)20-16(19)13-8-4-5-9-14(13)17/h4-5,8-9,12,15H,3,6-7,10-11H2,1-2H3. The predicted molar refractivity (Wildman–Crippen MR) is 81.2 cm³/mol. The van der Waals surface area contributed by atoms with Gasteiger partial charge in [0.15, 0.2) is 0 Å². The van der Waals surface area contributed by atoms with Crippen molar-refractivity contribution in [2.45, 2.75) is 31.8 Å². The highest BCUT2D eigenvalue weighted by atomic mass is 35.5. The van der Waals surface area contributed by atoms with Crippen LogP contribution < -0.4 is 0 Å². The van der Waals surface area contributed by atoms with Crippen molar-refractivity contribution in [1.82, 2.24) is 4.90 Å². The Morgan fingerprint density at radius 3 is 2.70 bits per heavy atom. The molecule has 0 radical (unpaired) electrons. The lowest BCUT2D eigenvalue weighted by atomic mass is 9.86. The number of carbonyl (C=O) groups is 1. The van der Waals surface area contributed by atoms with Crippen LogP contribution in [-0.2, 0) is 4.74 Å². The van der Waals surface area contributed by atoms with Crippen molar-refractivity contribution in [3.8, 4) is 0 Å². The van der Waals surface area contributed by atoms with Crippen molar-refractivity contribution >= 4 is 17.6 Å². The van der Waals surface area contributed by atoms with E-state index in [4.69, 9.17) is 16.3 Å². The average molecular weight is 296 g/mol. The van der Waals surface area contributed by atoms with E-state index in [1.54, 1.807) is 18.2 Å². The van der Waals surface area contributed by atoms with Crippen molar-refractivity contribution < 1.29 is 9.53 Å². The highest BCUT2D eigenvalue weighted by Crippen LogP contribution is 2.28. The van der Waals surface area contributed by atoms with Gasteiger partial charge in [0.2, 0.25) is 0 Å². The number of carbonyl (C=O) groups excluding carboxylic acids is 1. The summed E-state index contributed by atoms with van der Waals surface area (Å²) in [7, 11) is 4.11. The lowest BCUT2D eigenvalue weighted by molar-refractivity contribution is -0.00322. The van der Waals surface area contributed by atoms with Crippen molar-refractivity contribution in [3.63, 3.8) is 0 Å². The molecule has 4 heteroatoms. The molecule has 1 fully saturated rings. The first-order valence-corrected chi connectivity index (χ1v) is 7.56. The molecule has 0 heterocycles. The Hall–Kier alpha value is -1.06. The summed E-state index contributed by atoms with van der Waals surface area (Å²) < 4.78 is 5.72. The minimum absolute atomic E-state index is 0.00919. The van der Waals surface area contributed by atoms with Gasteiger partial charge in [0.05, 0.1) is 10.6 Å². The molecule has 0 bridgehead atoms. The van der Waals surface area contributed by atoms with E-state index >= 15 is 0 Å². The molecule has 0 saturated heterocycles. The van der Waals surface area contributed by atoms with Crippen molar-refractivity contribution in [1.29, 1.82) is 0 Å². The number of ether oxygens (including phenoxy) is 1. The van der Waals surface area contributed by atoms with Gasteiger partial charge in [-0.3, -0.25) is 0 Å². The molecule has 0 N–H and O–H groups in total. The van der Waals surface area contributed by atoms with E-state index in [2.05, 4.69) is 19.0 Å². The number of nitrogens with zero attached hydrogens (tertiary/aromatic N) is 1. The van der Waals surface area contributed by atoms with Crippen LogP contribution in [0.3, 0.4) is 0 Å². The van der Waals surface area contributed by atoms with E-state index in [0.717, 1.165) is 25.8 Å². The zero-order valence-electron chi connectivity index (χ0n) is 12.1. The molecule has 2 unspecified atom stereocenters. The van der Waals surface area contributed by atoms with Gasteiger partial charge in [0, 0.05) is 12.5 Å². The van der Waals surface area contributed by atoms with Crippen LogP contribution in [0.1, 0.15) is 36.0 Å². The first-order valence-electron chi connectivity index (χ1n) is 7.18. The maximum absolute atomic E-state index is 12.2. The zero-order valence-corrected chi connectivity index (χ0v) is 12.9. The molecule has 1 aromatic carbocycles. The molecule has 3 nitrogen and oxygen atoms in total. The van der Waals surface area contributed by atoms with Crippen LogP contribution in [0, 0.1) is 5.92 Å². The average Bonchev–Trinajstić information content (AvgIpc) is 2.41. The Balaban J connectivity index is 2.03. The molecule has 1 aromatic rings. The van der Waals surface area contributed by atoms with Crippen molar-refractivity contribution in [2.24, 2.45) is 5.92 Å². The van der Waals surface area contributed by atoms with Crippen LogP contribution >= 0.6 is 11.6 Å². The second kappa shape index (κ2) is 7.09. The Morgan fingerprint density at radius 1 is 1.30 bits per heavy atom. The van der Waals surface area contributed by atoms with Gasteiger partial charge in [-0.1, -0.05) is 30.2 Å². The van der Waals surface area contributed by atoms with Gasteiger partial charge in [-0.2, -0.15) is 0 Å². The summed E-state index contributed by atoms with van der Waals surface area (Å²) >= 11 is 6.05. The fourth-order valence-electron chi connectivity index (χ4n) is 2.83. The SMILES string of the molecule is CN(C)CC1CCCCC1OC(=O)c1ccccc1Cl. The van der Waals surface area contributed by atoms with E-state index in [9.17, 15) is 4.79 Å². The third-order valence-electron chi connectivity index (χ3n) is 3.79. The number of benzene rings is 1. The Kier molecular flexibility index (Phi) is 5.44. The van der Waals surface area contributed by atoms with E-state index in [1.165, 1.54) is 6.42 Å². The second-order valence-corrected chi connectivity index (χ2v) is 6.14. The fraction of sp³-hybridized carbons (Fsp3) is 0.562. The number of halogens is 1. The minimum atomic E-state index is -0.300. The maximum atomic E-state index is 12.2. The van der Waals surface area contributed by atoms with Gasteiger partial charge in [-0.25, -0.2) is 4.79 Å². The summed E-state index contributed by atoms with van der Waals surface area (Å²) in [5.74, 6) is 0.122. The van der Waals surface area contributed by atoms with Crippen LogP contribution in [0.25, 0.3) is 0 Å². The van der Waals surface area contributed by atoms with Crippen molar-refractivity contribution in [3.05, 3.63) is 34.9 Å². The highest BCUT2D eigenvalue weighted by molar-refractivity contribution is 6.33. The molecule has 20 heavy (non-hydrogen) atoms. The molecule has 1 aliphatic carbocycles. The fourth-order valence-corrected chi connectivity index (χ4v) is 3.05. The summed E-state index contributed by atoms with van der Waals surface area (Å²) in [6, 6.07) is 7.06. The van der Waals surface area contributed by atoms with E-state index < -0.39 is 0 Å². The Bertz CT molecular complexity index is 462. The van der Waals surface area contributed by atoms with Crippen LogP contribution in [0.2, 0.25) is 5.02 Å². The van der Waals surface area contributed by atoms with Crippen LogP contribution in [0.15, 0.2) is 24.3 Å². The monoisotopic (exact) mass is 295 g/mol. The van der Waals surface area contributed by atoms with E-state index in [1.807, 2.05) is 6.07 Å². The molecular weight excluding hydrogens is 274 g/mol. The number of esters is 1. The molecule has 2 atom stereocenters.